The standard InChI is InChI=1S/C9H9NO6/c1-5-8(9(13)10-14-2)16-7(12)4-3-6(11)15-5/h3-4H,1-2H3,(H,10,13)/b4-3-,8-5-. The molecule has 7 heteroatoms. The Morgan fingerprint density at radius 1 is 1.25 bits per heavy atom. The average molecular weight is 227 g/mol. The lowest BCUT2D eigenvalue weighted by Crippen LogP contribution is -2.28. The van der Waals surface area contributed by atoms with Crippen molar-refractivity contribution in [3.8, 4) is 0 Å². The van der Waals surface area contributed by atoms with Crippen LogP contribution < -0.4 is 5.48 Å². The summed E-state index contributed by atoms with van der Waals surface area (Å²) in [5.74, 6) is -2.99. The van der Waals surface area contributed by atoms with Gasteiger partial charge in [-0.25, -0.2) is 15.1 Å². The van der Waals surface area contributed by atoms with E-state index in [9.17, 15) is 14.4 Å². The Kier molecular flexibility index (Phi) is 3.78. The van der Waals surface area contributed by atoms with Gasteiger partial charge in [0.2, 0.25) is 5.76 Å². The highest BCUT2D eigenvalue weighted by atomic mass is 16.6. The SMILES string of the molecule is CONC(=O)/C1=C(\C)OC(=O)/C=C\C(=O)O1. The Hall–Kier alpha value is -2.15. The van der Waals surface area contributed by atoms with Crippen LogP contribution in [0.4, 0.5) is 0 Å². The van der Waals surface area contributed by atoms with Crippen LogP contribution in [0, 0.1) is 0 Å². The topological polar surface area (TPSA) is 90.9 Å². The first-order valence-corrected chi connectivity index (χ1v) is 4.20. The fourth-order valence-corrected chi connectivity index (χ4v) is 0.919. The smallest absolute Gasteiger partial charge is 0.336 e. The maximum absolute atomic E-state index is 11.3. The minimum atomic E-state index is -0.850. The van der Waals surface area contributed by atoms with Gasteiger partial charge in [-0.05, 0) is 6.92 Å². The Morgan fingerprint density at radius 2 is 1.81 bits per heavy atom. The van der Waals surface area contributed by atoms with Crippen LogP contribution in [0.2, 0.25) is 0 Å². The lowest BCUT2D eigenvalue weighted by molar-refractivity contribution is -0.144. The zero-order valence-corrected chi connectivity index (χ0v) is 8.60. The lowest BCUT2D eigenvalue weighted by atomic mass is 10.3. The highest BCUT2D eigenvalue weighted by Crippen LogP contribution is 2.11. The molecule has 0 aromatic rings. The molecule has 7 nitrogen and oxygen atoms in total. The van der Waals surface area contributed by atoms with Gasteiger partial charge in [0, 0.05) is 12.2 Å². The molecule has 0 aromatic carbocycles. The lowest BCUT2D eigenvalue weighted by Gasteiger charge is -2.11. The number of carbonyl (C=O) groups excluding carboxylic acids is 3. The Bertz CT molecular complexity index is 395. The molecule has 1 N–H and O–H groups in total. The molecule has 1 rings (SSSR count). The summed E-state index contributed by atoms with van der Waals surface area (Å²) in [6.45, 7) is 1.31. The molecule has 0 saturated heterocycles. The second-order valence-electron chi connectivity index (χ2n) is 2.70. The Balaban J connectivity index is 2.98. The second kappa shape index (κ2) is 5.08. The zero-order chi connectivity index (χ0) is 12.1. The Morgan fingerprint density at radius 3 is 2.38 bits per heavy atom. The minimum absolute atomic E-state index is 0.128. The van der Waals surface area contributed by atoms with Crippen molar-refractivity contribution in [1.82, 2.24) is 5.48 Å². The molecule has 0 aliphatic carbocycles. The summed E-state index contributed by atoms with van der Waals surface area (Å²) in [6.07, 6.45) is 1.76. The van der Waals surface area contributed by atoms with Crippen molar-refractivity contribution in [1.29, 1.82) is 0 Å². The van der Waals surface area contributed by atoms with E-state index >= 15 is 0 Å². The van der Waals surface area contributed by atoms with Gasteiger partial charge >= 0.3 is 17.8 Å². The number of ether oxygens (including phenoxy) is 2. The molecule has 0 saturated carbocycles. The molecule has 0 bridgehead atoms. The molecule has 0 atom stereocenters. The van der Waals surface area contributed by atoms with Crippen LogP contribution in [0.25, 0.3) is 0 Å². The predicted molar refractivity (Wildman–Crippen MR) is 49.2 cm³/mol. The van der Waals surface area contributed by atoms with Gasteiger partial charge in [0.25, 0.3) is 0 Å². The van der Waals surface area contributed by atoms with Crippen molar-refractivity contribution in [3.05, 3.63) is 23.7 Å². The summed E-state index contributed by atoms with van der Waals surface area (Å²) >= 11 is 0. The monoisotopic (exact) mass is 227 g/mol. The van der Waals surface area contributed by atoms with Gasteiger partial charge in [-0.3, -0.25) is 9.63 Å². The van der Waals surface area contributed by atoms with E-state index in [1.165, 1.54) is 14.0 Å². The van der Waals surface area contributed by atoms with E-state index in [1.807, 2.05) is 5.48 Å². The molecule has 0 fully saturated rings. The zero-order valence-electron chi connectivity index (χ0n) is 8.60. The van der Waals surface area contributed by atoms with Gasteiger partial charge in [0.05, 0.1) is 7.11 Å². The second-order valence-corrected chi connectivity index (χ2v) is 2.70. The number of carbonyl (C=O) groups is 3. The van der Waals surface area contributed by atoms with Crippen LogP contribution >= 0.6 is 0 Å². The highest BCUT2D eigenvalue weighted by Gasteiger charge is 2.22. The normalized spacial score (nSPS) is 22.6. The number of allylic oxidation sites excluding steroid dienone is 1. The molecule has 1 aliphatic heterocycles. The Labute approximate surface area is 90.6 Å². The number of esters is 2. The summed E-state index contributed by atoms with van der Waals surface area (Å²) in [4.78, 5) is 37.8. The van der Waals surface area contributed by atoms with Gasteiger partial charge in [-0.2, -0.15) is 0 Å². The van der Waals surface area contributed by atoms with Crippen molar-refractivity contribution in [2.75, 3.05) is 7.11 Å². The first-order valence-electron chi connectivity index (χ1n) is 4.20. The van der Waals surface area contributed by atoms with Crippen molar-refractivity contribution in [2.24, 2.45) is 0 Å². The van der Waals surface area contributed by atoms with Crippen molar-refractivity contribution in [3.63, 3.8) is 0 Å². The number of hydrogen-bond donors (Lipinski definition) is 1. The molecular formula is C9H9NO6. The van der Waals surface area contributed by atoms with E-state index < -0.39 is 23.6 Å². The molecule has 0 radical (unpaired) electrons. The number of hydrogen-bond acceptors (Lipinski definition) is 6. The number of nitrogens with one attached hydrogen (secondary N) is 1. The molecule has 1 aliphatic rings. The summed E-state index contributed by atoms with van der Waals surface area (Å²) in [7, 11) is 1.21. The summed E-state index contributed by atoms with van der Waals surface area (Å²) in [5, 5.41) is 0. The molecule has 1 amide bonds. The highest BCUT2D eigenvalue weighted by molar-refractivity contribution is 5.99. The van der Waals surface area contributed by atoms with E-state index in [0.717, 1.165) is 12.2 Å². The first kappa shape index (κ1) is 11.9. The molecule has 0 aromatic heterocycles. The third-order valence-corrected chi connectivity index (χ3v) is 1.53. The molecule has 1 heterocycles. The van der Waals surface area contributed by atoms with E-state index in [1.54, 1.807) is 0 Å². The number of hydroxylamine groups is 1. The maximum Gasteiger partial charge on any atom is 0.336 e. The van der Waals surface area contributed by atoms with Gasteiger partial charge < -0.3 is 9.47 Å². The van der Waals surface area contributed by atoms with E-state index in [0.29, 0.717) is 0 Å². The van der Waals surface area contributed by atoms with Crippen LogP contribution in [0.15, 0.2) is 23.7 Å². The molecular weight excluding hydrogens is 218 g/mol. The molecule has 0 spiro atoms. The van der Waals surface area contributed by atoms with Crippen molar-refractivity contribution in [2.45, 2.75) is 6.92 Å². The van der Waals surface area contributed by atoms with Crippen LogP contribution in [0.3, 0.4) is 0 Å². The fraction of sp³-hybridized carbons (Fsp3) is 0.222. The molecule has 0 unspecified atom stereocenters. The van der Waals surface area contributed by atoms with Gasteiger partial charge in [0.15, 0.2) is 5.76 Å². The fourth-order valence-electron chi connectivity index (χ4n) is 0.919. The van der Waals surface area contributed by atoms with E-state index in [-0.39, 0.29) is 5.76 Å². The quantitative estimate of drug-likeness (QED) is 0.507. The van der Waals surface area contributed by atoms with Crippen LogP contribution in [0.1, 0.15) is 6.92 Å². The third-order valence-electron chi connectivity index (χ3n) is 1.53. The van der Waals surface area contributed by atoms with Crippen LogP contribution in [0.5, 0.6) is 0 Å². The minimum Gasteiger partial charge on any atom is -0.424 e. The number of amides is 1. The average Bonchev–Trinajstić information content (AvgIpc) is 2.21. The summed E-state index contributed by atoms with van der Waals surface area (Å²) in [6, 6.07) is 0. The van der Waals surface area contributed by atoms with E-state index in [4.69, 9.17) is 0 Å². The molecule has 86 valence electrons. The number of cyclic esters (lactones) is 2. The summed E-state index contributed by atoms with van der Waals surface area (Å²) < 4.78 is 9.33. The van der Waals surface area contributed by atoms with Crippen LogP contribution in [-0.4, -0.2) is 25.0 Å². The first-order chi connectivity index (χ1) is 7.54. The molecule has 16 heavy (non-hydrogen) atoms. The van der Waals surface area contributed by atoms with Gasteiger partial charge in [0.1, 0.15) is 0 Å². The maximum atomic E-state index is 11.3. The van der Waals surface area contributed by atoms with Crippen molar-refractivity contribution >= 4 is 17.8 Å². The van der Waals surface area contributed by atoms with E-state index in [2.05, 4.69) is 14.3 Å². The summed E-state index contributed by atoms with van der Waals surface area (Å²) in [5.41, 5.74) is 1.94. The number of rotatable bonds is 2. The van der Waals surface area contributed by atoms with Gasteiger partial charge in [-0.1, -0.05) is 0 Å². The largest absolute Gasteiger partial charge is 0.424 e. The predicted octanol–water partition coefficient (Wildman–Crippen LogP) is -0.448. The van der Waals surface area contributed by atoms with Crippen molar-refractivity contribution < 1.29 is 28.7 Å². The van der Waals surface area contributed by atoms with Gasteiger partial charge in [-0.15, -0.1) is 0 Å². The third kappa shape index (κ3) is 2.92. The van der Waals surface area contributed by atoms with Crippen LogP contribution in [-0.2, 0) is 28.7 Å².